The van der Waals surface area contributed by atoms with E-state index in [1.807, 2.05) is 30.3 Å². The Morgan fingerprint density at radius 3 is 2.34 bits per heavy atom. The fourth-order valence-corrected chi connectivity index (χ4v) is 4.86. The van der Waals surface area contributed by atoms with Gasteiger partial charge >= 0.3 is 0 Å². The third-order valence-electron chi connectivity index (χ3n) is 5.03. The molecule has 1 fully saturated rings. The van der Waals surface area contributed by atoms with Gasteiger partial charge in [0.1, 0.15) is 0 Å². The minimum atomic E-state index is -3.66. The van der Waals surface area contributed by atoms with Crippen LogP contribution < -0.4 is 0 Å². The Bertz CT molecular complexity index is 1200. The van der Waals surface area contributed by atoms with Crippen molar-refractivity contribution in [1.29, 1.82) is 5.26 Å². The monoisotopic (exact) mass is 406 g/mol. The highest BCUT2D eigenvalue weighted by molar-refractivity contribution is 7.89. The van der Waals surface area contributed by atoms with E-state index in [1.54, 1.807) is 17.2 Å². The van der Waals surface area contributed by atoms with Crippen LogP contribution in [0, 0.1) is 11.3 Å². The highest BCUT2D eigenvalue weighted by atomic mass is 32.2. The van der Waals surface area contributed by atoms with Gasteiger partial charge in [-0.05, 0) is 36.4 Å². The Morgan fingerprint density at radius 2 is 1.66 bits per heavy atom. The Hall–Kier alpha value is -3.28. The molecule has 2 aromatic carbocycles. The number of amides is 1. The minimum Gasteiger partial charge on any atom is -0.336 e. The lowest BCUT2D eigenvalue weighted by Crippen LogP contribution is -2.50. The molecule has 1 aromatic heterocycles. The molecule has 8 heteroatoms. The summed E-state index contributed by atoms with van der Waals surface area (Å²) in [5, 5.41) is 9.65. The van der Waals surface area contributed by atoms with Crippen LogP contribution >= 0.6 is 0 Å². The minimum absolute atomic E-state index is 0.126. The molecule has 0 radical (unpaired) electrons. The van der Waals surface area contributed by atoms with Gasteiger partial charge < -0.3 is 4.90 Å². The van der Waals surface area contributed by atoms with Crippen LogP contribution in [-0.4, -0.2) is 54.7 Å². The molecule has 4 rings (SSSR count). The second-order valence-electron chi connectivity index (χ2n) is 6.71. The predicted octanol–water partition coefficient (Wildman–Crippen LogP) is 2.25. The number of sulfonamides is 1. The van der Waals surface area contributed by atoms with Gasteiger partial charge in [-0.15, -0.1) is 0 Å². The number of hydrogen-bond acceptors (Lipinski definition) is 5. The number of nitriles is 1. The van der Waals surface area contributed by atoms with E-state index in [-0.39, 0.29) is 23.9 Å². The Balaban J connectivity index is 1.50. The molecule has 0 atom stereocenters. The van der Waals surface area contributed by atoms with Gasteiger partial charge in [0.25, 0.3) is 5.91 Å². The molecule has 3 aromatic rings. The van der Waals surface area contributed by atoms with Crippen LogP contribution in [0.5, 0.6) is 0 Å². The van der Waals surface area contributed by atoms with Crippen molar-refractivity contribution in [2.24, 2.45) is 0 Å². The number of carbonyl (C=O) groups excluding carboxylic acids is 1. The van der Waals surface area contributed by atoms with Gasteiger partial charge in [0, 0.05) is 37.8 Å². The number of benzene rings is 2. The third kappa shape index (κ3) is 3.58. The summed E-state index contributed by atoms with van der Waals surface area (Å²) in [5.41, 5.74) is 1.73. The van der Waals surface area contributed by atoms with Crippen molar-refractivity contribution >= 4 is 26.8 Å². The second-order valence-corrected chi connectivity index (χ2v) is 8.65. The zero-order valence-corrected chi connectivity index (χ0v) is 16.3. The van der Waals surface area contributed by atoms with Crippen LogP contribution in [-0.2, 0) is 10.0 Å². The van der Waals surface area contributed by atoms with E-state index in [0.29, 0.717) is 24.2 Å². The molecule has 0 N–H and O–H groups in total. The summed E-state index contributed by atoms with van der Waals surface area (Å²) >= 11 is 0. The number of nitrogens with zero attached hydrogens (tertiary/aromatic N) is 4. The van der Waals surface area contributed by atoms with Crippen molar-refractivity contribution in [3.05, 3.63) is 71.9 Å². The number of pyridine rings is 1. The standard InChI is InChI=1S/C21H18N4O3S/c22-15-16-5-7-17(8-6-16)29(27,28)25-13-11-24(12-14-25)21(26)19-9-10-23-20-4-2-1-3-18(19)20/h1-10H,11-14H2. The molecule has 0 aliphatic carbocycles. The molecule has 29 heavy (non-hydrogen) atoms. The first-order valence-electron chi connectivity index (χ1n) is 9.14. The molecular formula is C21H18N4O3S. The average Bonchev–Trinajstić information content (AvgIpc) is 2.78. The summed E-state index contributed by atoms with van der Waals surface area (Å²) in [6.07, 6.45) is 1.61. The topological polar surface area (TPSA) is 94.4 Å². The van der Waals surface area contributed by atoms with E-state index in [2.05, 4.69) is 4.98 Å². The number of piperazine rings is 1. The van der Waals surface area contributed by atoms with Crippen molar-refractivity contribution in [2.75, 3.05) is 26.2 Å². The zero-order valence-electron chi connectivity index (χ0n) is 15.5. The number of hydrogen-bond donors (Lipinski definition) is 0. The van der Waals surface area contributed by atoms with Crippen LogP contribution in [0.3, 0.4) is 0 Å². The molecular weight excluding hydrogens is 388 g/mol. The first kappa shape index (κ1) is 19.1. The zero-order chi connectivity index (χ0) is 20.4. The molecule has 1 saturated heterocycles. The Kier molecular flexibility index (Phi) is 5.01. The average molecular weight is 406 g/mol. The Labute approximate surface area is 168 Å². The highest BCUT2D eigenvalue weighted by Gasteiger charge is 2.30. The fourth-order valence-electron chi connectivity index (χ4n) is 3.43. The molecule has 1 aliphatic rings. The summed E-state index contributed by atoms with van der Waals surface area (Å²) in [5.74, 6) is -0.126. The van der Waals surface area contributed by atoms with E-state index in [0.717, 1.165) is 10.9 Å². The van der Waals surface area contributed by atoms with Crippen molar-refractivity contribution in [2.45, 2.75) is 4.90 Å². The van der Waals surface area contributed by atoms with E-state index in [4.69, 9.17) is 5.26 Å². The van der Waals surface area contributed by atoms with E-state index >= 15 is 0 Å². The lowest BCUT2D eigenvalue weighted by atomic mass is 10.1. The first-order chi connectivity index (χ1) is 14.0. The maximum atomic E-state index is 13.0. The van der Waals surface area contributed by atoms with Gasteiger partial charge in [-0.25, -0.2) is 8.42 Å². The maximum Gasteiger partial charge on any atom is 0.254 e. The lowest BCUT2D eigenvalue weighted by Gasteiger charge is -2.34. The summed E-state index contributed by atoms with van der Waals surface area (Å²) in [6.45, 7) is 1.06. The van der Waals surface area contributed by atoms with Gasteiger partial charge in [0.15, 0.2) is 0 Å². The number of fused-ring (bicyclic) bond motifs is 1. The first-order valence-corrected chi connectivity index (χ1v) is 10.6. The van der Waals surface area contributed by atoms with Gasteiger partial charge in [-0.2, -0.15) is 9.57 Å². The molecule has 0 unspecified atom stereocenters. The third-order valence-corrected chi connectivity index (χ3v) is 6.94. The SMILES string of the molecule is N#Cc1ccc(S(=O)(=O)N2CCN(C(=O)c3ccnc4ccccc34)CC2)cc1. The van der Waals surface area contributed by atoms with Crippen molar-refractivity contribution < 1.29 is 13.2 Å². The van der Waals surface area contributed by atoms with E-state index in [9.17, 15) is 13.2 Å². The van der Waals surface area contributed by atoms with Crippen LogP contribution in [0.25, 0.3) is 10.9 Å². The molecule has 0 bridgehead atoms. The van der Waals surface area contributed by atoms with E-state index < -0.39 is 10.0 Å². The summed E-state index contributed by atoms with van der Waals surface area (Å²) in [4.78, 5) is 19.1. The van der Waals surface area contributed by atoms with Crippen LogP contribution in [0.4, 0.5) is 0 Å². The lowest BCUT2D eigenvalue weighted by molar-refractivity contribution is 0.0700. The second kappa shape index (κ2) is 7.62. The predicted molar refractivity (Wildman–Crippen MR) is 108 cm³/mol. The molecule has 7 nitrogen and oxygen atoms in total. The van der Waals surface area contributed by atoms with Crippen LogP contribution in [0.1, 0.15) is 15.9 Å². The van der Waals surface area contributed by atoms with Crippen LogP contribution in [0.15, 0.2) is 65.7 Å². The largest absolute Gasteiger partial charge is 0.336 e. The van der Waals surface area contributed by atoms with Crippen molar-refractivity contribution in [3.63, 3.8) is 0 Å². The van der Waals surface area contributed by atoms with Gasteiger partial charge in [0.05, 0.1) is 27.6 Å². The number of rotatable bonds is 3. The highest BCUT2D eigenvalue weighted by Crippen LogP contribution is 2.21. The molecule has 2 heterocycles. The maximum absolute atomic E-state index is 13.0. The molecule has 0 saturated carbocycles. The van der Waals surface area contributed by atoms with Gasteiger partial charge in [-0.1, -0.05) is 18.2 Å². The van der Waals surface area contributed by atoms with Crippen molar-refractivity contribution in [1.82, 2.24) is 14.2 Å². The molecule has 146 valence electrons. The molecule has 1 amide bonds. The smallest absolute Gasteiger partial charge is 0.254 e. The number of para-hydroxylation sites is 1. The van der Waals surface area contributed by atoms with Gasteiger partial charge in [0.2, 0.25) is 10.0 Å². The quantitative estimate of drug-likeness (QED) is 0.665. The van der Waals surface area contributed by atoms with Crippen molar-refractivity contribution in [3.8, 4) is 6.07 Å². The van der Waals surface area contributed by atoms with Gasteiger partial charge in [-0.3, -0.25) is 9.78 Å². The number of aromatic nitrogens is 1. The normalized spacial score (nSPS) is 15.2. The summed E-state index contributed by atoms with van der Waals surface area (Å²) < 4.78 is 27.1. The number of carbonyl (C=O) groups is 1. The Morgan fingerprint density at radius 1 is 0.966 bits per heavy atom. The van der Waals surface area contributed by atoms with E-state index in [1.165, 1.54) is 28.6 Å². The van der Waals surface area contributed by atoms with Crippen LogP contribution in [0.2, 0.25) is 0 Å². The fraction of sp³-hybridized carbons (Fsp3) is 0.190. The molecule has 1 aliphatic heterocycles. The summed E-state index contributed by atoms with van der Waals surface area (Å²) in [6, 6.07) is 17.0. The molecule has 0 spiro atoms. The summed E-state index contributed by atoms with van der Waals surface area (Å²) in [7, 11) is -3.66.